The van der Waals surface area contributed by atoms with Gasteiger partial charge in [0.1, 0.15) is 10.3 Å². The number of benzene rings is 1. The van der Waals surface area contributed by atoms with Crippen LogP contribution in [0.5, 0.6) is 0 Å². The topological polar surface area (TPSA) is 43.4 Å². The predicted molar refractivity (Wildman–Crippen MR) is 62.1 cm³/mol. The summed E-state index contributed by atoms with van der Waals surface area (Å²) in [6.07, 6.45) is 0. The summed E-state index contributed by atoms with van der Waals surface area (Å²) < 4.78 is 29.4. The molecule has 0 aliphatic carbocycles. The Morgan fingerprint density at radius 2 is 1.69 bits per heavy atom. The van der Waals surface area contributed by atoms with Crippen molar-refractivity contribution < 1.29 is 13.2 Å². The molecule has 1 unspecified atom stereocenters. The summed E-state index contributed by atoms with van der Waals surface area (Å²) in [6.45, 7) is 5.26. The number of hydrogen-bond acceptors (Lipinski definition) is 3. The van der Waals surface area contributed by atoms with Crippen molar-refractivity contribution in [3.63, 3.8) is 0 Å². The van der Waals surface area contributed by atoms with Crippen molar-refractivity contribution in [2.24, 2.45) is 0 Å². The highest BCUT2D eigenvalue weighted by atomic mass is 32.2. The monoisotopic (exact) mass is 240 g/mol. The lowest BCUT2D eigenvalue weighted by Crippen LogP contribution is -2.46. The summed E-state index contributed by atoms with van der Waals surface area (Å²) in [5, 5.41) is 0. The van der Waals surface area contributed by atoms with Crippen LogP contribution in [0.15, 0.2) is 29.2 Å². The minimum Gasteiger partial charge on any atom is -0.372 e. The molecule has 88 valence electrons. The molecule has 0 spiro atoms. The van der Waals surface area contributed by atoms with Crippen LogP contribution >= 0.6 is 0 Å². The standard InChI is InChI=1S/C12H16O3S/c1-11(2)12(3,15-4)9-7-5-6-8-10(9)16(11,13)14/h5-8H,1-4H3. The van der Waals surface area contributed by atoms with E-state index in [9.17, 15) is 8.42 Å². The largest absolute Gasteiger partial charge is 0.372 e. The van der Waals surface area contributed by atoms with Gasteiger partial charge in [0.2, 0.25) is 0 Å². The van der Waals surface area contributed by atoms with Crippen LogP contribution in [-0.4, -0.2) is 20.3 Å². The Bertz CT molecular complexity index is 531. The van der Waals surface area contributed by atoms with Crippen LogP contribution in [0.1, 0.15) is 26.3 Å². The zero-order valence-corrected chi connectivity index (χ0v) is 10.8. The van der Waals surface area contributed by atoms with Gasteiger partial charge >= 0.3 is 0 Å². The van der Waals surface area contributed by atoms with Crippen molar-refractivity contribution in [2.45, 2.75) is 36.0 Å². The Morgan fingerprint density at radius 1 is 1.12 bits per heavy atom. The summed E-state index contributed by atoms with van der Waals surface area (Å²) in [5.41, 5.74) is -0.0369. The molecule has 0 saturated carbocycles. The third-order valence-corrected chi connectivity index (χ3v) is 6.59. The number of hydrogen-bond donors (Lipinski definition) is 0. The maximum Gasteiger partial charge on any atom is 0.187 e. The first-order chi connectivity index (χ1) is 7.29. The molecule has 0 fully saturated rings. The number of methoxy groups -OCH3 is 1. The van der Waals surface area contributed by atoms with Gasteiger partial charge in [-0.25, -0.2) is 8.42 Å². The molecule has 0 amide bonds. The summed E-state index contributed by atoms with van der Waals surface area (Å²) in [5.74, 6) is 0. The maximum absolute atomic E-state index is 12.4. The van der Waals surface area contributed by atoms with Crippen molar-refractivity contribution in [3.8, 4) is 0 Å². The van der Waals surface area contributed by atoms with E-state index in [1.807, 2.05) is 19.1 Å². The molecule has 1 aliphatic rings. The first-order valence-electron chi connectivity index (χ1n) is 5.18. The fourth-order valence-electron chi connectivity index (χ4n) is 2.31. The van der Waals surface area contributed by atoms with Crippen LogP contribution in [0.4, 0.5) is 0 Å². The lowest BCUT2D eigenvalue weighted by Gasteiger charge is -2.35. The molecule has 0 radical (unpaired) electrons. The molecular formula is C12H16O3S. The fraction of sp³-hybridized carbons (Fsp3) is 0.500. The molecular weight excluding hydrogens is 224 g/mol. The zero-order valence-electron chi connectivity index (χ0n) is 9.94. The number of ether oxygens (including phenoxy) is 1. The van der Waals surface area contributed by atoms with Gasteiger partial charge in [0.05, 0.1) is 4.90 Å². The van der Waals surface area contributed by atoms with Crippen LogP contribution in [-0.2, 0) is 20.2 Å². The Kier molecular flexibility index (Phi) is 2.23. The summed E-state index contributed by atoms with van der Waals surface area (Å²) in [6, 6.07) is 7.06. The van der Waals surface area contributed by atoms with Gasteiger partial charge in [0.15, 0.2) is 9.84 Å². The Labute approximate surface area is 96.4 Å². The van der Waals surface area contributed by atoms with E-state index < -0.39 is 20.2 Å². The minimum absolute atomic E-state index is 0.393. The van der Waals surface area contributed by atoms with Crippen molar-refractivity contribution in [2.75, 3.05) is 7.11 Å². The summed E-state index contributed by atoms with van der Waals surface area (Å²) in [7, 11) is -1.77. The number of sulfone groups is 1. The highest BCUT2D eigenvalue weighted by molar-refractivity contribution is 7.93. The van der Waals surface area contributed by atoms with E-state index in [1.54, 1.807) is 33.1 Å². The minimum atomic E-state index is -3.33. The third kappa shape index (κ3) is 1.04. The fourth-order valence-corrected chi connectivity index (χ4v) is 4.37. The molecule has 0 N–H and O–H groups in total. The molecule has 1 aromatic carbocycles. The summed E-state index contributed by atoms with van der Waals surface area (Å²) in [4.78, 5) is 0.393. The van der Waals surface area contributed by atoms with E-state index in [0.29, 0.717) is 4.90 Å². The van der Waals surface area contributed by atoms with Crippen molar-refractivity contribution in [3.05, 3.63) is 29.8 Å². The van der Waals surface area contributed by atoms with Crippen molar-refractivity contribution in [1.82, 2.24) is 0 Å². The Morgan fingerprint density at radius 3 is 2.25 bits per heavy atom. The van der Waals surface area contributed by atoms with E-state index in [2.05, 4.69) is 0 Å². The van der Waals surface area contributed by atoms with Crippen molar-refractivity contribution in [1.29, 1.82) is 0 Å². The molecule has 1 aromatic rings. The molecule has 1 aliphatic heterocycles. The molecule has 4 heteroatoms. The molecule has 0 aromatic heterocycles. The molecule has 1 atom stereocenters. The smallest absolute Gasteiger partial charge is 0.187 e. The highest BCUT2D eigenvalue weighted by Crippen LogP contribution is 2.52. The van der Waals surface area contributed by atoms with Gasteiger partial charge in [-0.1, -0.05) is 18.2 Å². The third-order valence-electron chi connectivity index (χ3n) is 3.92. The van der Waals surface area contributed by atoms with Gasteiger partial charge in [0, 0.05) is 12.7 Å². The quantitative estimate of drug-likeness (QED) is 0.755. The van der Waals surface area contributed by atoms with Crippen molar-refractivity contribution >= 4 is 9.84 Å². The second kappa shape index (κ2) is 3.08. The molecule has 0 bridgehead atoms. The summed E-state index contributed by atoms with van der Waals surface area (Å²) >= 11 is 0. The van der Waals surface area contributed by atoms with Crippen LogP contribution in [0.2, 0.25) is 0 Å². The lowest BCUT2D eigenvalue weighted by atomic mass is 9.85. The average Bonchev–Trinajstić information content (AvgIpc) is 2.37. The zero-order chi connectivity index (χ0) is 12.2. The molecule has 1 heterocycles. The van der Waals surface area contributed by atoms with Gasteiger partial charge in [-0.15, -0.1) is 0 Å². The van der Waals surface area contributed by atoms with Crippen LogP contribution in [0.25, 0.3) is 0 Å². The van der Waals surface area contributed by atoms with E-state index in [4.69, 9.17) is 4.74 Å². The lowest BCUT2D eigenvalue weighted by molar-refractivity contribution is -0.0227. The molecule has 3 nitrogen and oxygen atoms in total. The first-order valence-corrected chi connectivity index (χ1v) is 6.66. The van der Waals surface area contributed by atoms with E-state index in [0.717, 1.165) is 5.56 Å². The van der Waals surface area contributed by atoms with Crippen LogP contribution in [0.3, 0.4) is 0 Å². The Hall–Kier alpha value is -0.870. The maximum atomic E-state index is 12.4. The number of fused-ring (bicyclic) bond motifs is 1. The SMILES string of the molecule is COC1(C)c2ccccc2S(=O)(=O)C1(C)C. The van der Waals surface area contributed by atoms with Crippen LogP contribution in [0, 0.1) is 0 Å². The second-order valence-electron chi connectivity index (χ2n) is 4.75. The second-order valence-corrected chi connectivity index (χ2v) is 7.21. The van der Waals surface area contributed by atoms with Gasteiger partial charge in [-0.05, 0) is 26.8 Å². The van der Waals surface area contributed by atoms with E-state index >= 15 is 0 Å². The van der Waals surface area contributed by atoms with Crippen LogP contribution < -0.4 is 0 Å². The van der Waals surface area contributed by atoms with Gasteiger partial charge in [0.25, 0.3) is 0 Å². The predicted octanol–water partition coefficient (Wildman–Crippen LogP) is 2.11. The van der Waals surface area contributed by atoms with Gasteiger partial charge in [-0.3, -0.25) is 0 Å². The molecule has 16 heavy (non-hydrogen) atoms. The molecule has 2 rings (SSSR count). The average molecular weight is 240 g/mol. The normalized spacial score (nSPS) is 30.0. The highest BCUT2D eigenvalue weighted by Gasteiger charge is 2.59. The number of rotatable bonds is 1. The van der Waals surface area contributed by atoms with E-state index in [-0.39, 0.29) is 0 Å². The molecule has 0 saturated heterocycles. The van der Waals surface area contributed by atoms with Gasteiger partial charge in [-0.2, -0.15) is 0 Å². The Balaban J connectivity index is 2.88. The first kappa shape index (κ1) is 11.6. The van der Waals surface area contributed by atoms with Gasteiger partial charge < -0.3 is 4.74 Å². The van der Waals surface area contributed by atoms with E-state index in [1.165, 1.54) is 0 Å².